The van der Waals surface area contributed by atoms with Crippen LogP contribution >= 0.6 is 0 Å². The minimum Gasteiger partial charge on any atom is -0.316 e. The Morgan fingerprint density at radius 2 is 2.38 bits per heavy atom. The summed E-state index contributed by atoms with van der Waals surface area (Å²) in [4.78, 5) is 4.50. The summed E-state index contributed by atoms with van der Waals surface area (Å²) >= 11 is 0. The van der Waals surface area contributed by atoms with E-state index >= 15 is 0 Å². The highest BCUT2D eigenvalue weighted by Gasteiger charge is 1.97. The van der Waals surface area contributed by atoms with E-state index in [4.69, 9.17) is 0 Å². The zero-order chi connectivity index (χ0) is 9.52. The molecule has 0 bridgehead atoms. The first kappa shape index (κ1) is 10.2. The summed E-state index contributed by atoms with van der Waals surface area (Å²) in [5.41, 5.74) is 2.64. The Labute approximate surface area is 80.4 Å². The Balaban J connectivity index is 2.60. The summed E-state index contributed by atoms with van der Waals surface area (Å²) in [5.74, 6) is 0. The standard InChI is InChI=1S/C11H18N2/c1-3-11-6-4-5-10(9-12-2)7-8-13-11/h4-5,7,12H,3,6,8-9H2,1-2H3/b5-4-,10-7?,13-11?. The first-order valence-electron chi connectivity index (χ1n) is 4.89. The Hall–Kier alpha value is -0.890. The molecule has 0 atom stereocenters. The van der Waals surface area contributed by atoms with E-state index in [9.17, 15) is 0 Å². The van der Waals surface area contributed by atoms with Gasteiger partial charge in [-0.3, -0.25) is 4.99 Å². The van der Waals surface area contributed by atoms with Crippen LogP contribution in [0.25, 0.3) is 0 Å². The van der Waals surface area contributed by atoms with Gasteiger partial charge in [-0.1, -0.05) is 25.2 Å². The number of rotatable bonds is 3. The third-order valence-electron chi connectivity index (χ3n) is 2.14. The van der Waals surface area contributed by atoms with Gasteiger partial charge in [-0.2, -0.15) is 0 Å². The zero-order valence-corrected chi connectivity index (χ0v) is 8.51. The average Bonchev–Trinajstić information content (AvgIpc) is 2.09. The molecule has 0 aliphatic carbocycles. The number of likely N-dealkylation sites (N-methyl/N-ethyl adjacent to an activating group) is 1. The minimum atomic E-state index is 0.838. The van der Waals surface area contributed by atoms with Gasteiger partial charge in [0.1, 0.15) is 0 Å². The van der Waals surface area contributed by atoms with Gasteiger partial charge in [-0.25, -0.2) is 0 Å². The second-order valence-electron chi connectivity index (χ2n) is 3.18. The molecule has 13 heavy (non-hydrogen) atoms. The van der Waals surface area contributed by atoms with E-state index in [0.29, 0.717) is 0 Å². The molecule has 0 radical (unpaired) electrons. The minimum absolute atomic E-state index is 0.838. The highest BCUT2D eigenvalue weighted by atomic mass is 14.8. The maximum Gasteiger partial charge on any atom is 0.0575 e. The van der Waals surface area contributed by atoms with E-state index in [2.05, 4.69) is 35.5 Å². The number of aliphatic imine (C=N–C) groups is 1. The second-order valence-corrected chi connectivity index (χ2v) is 3.18. The lowest BCUT2D eigenvalue weighted by molar-refractivity contribution is 0.889. The first-order valence-corrected chi connectivity index (χ1v) is 4.89. The summed E-state index contributed by atoms with van der Waals surface area (Å²) in [6.45, 7) is 3.94. The Morgan fingerprint density at radius 1 is 1.54 bits per heavy atom. The number of hydrogen-bond acceptors (Lipinski definition) is 2. The number of hydrogen-bond donors (Lipinski definition) is 1. The molecule has 1 N–H and O–H groups in total. The molecule has 0 amide bonds. The molecule has 0 saturated heterocycles. The molecule has 0 aromatic carbocycles. The molecule has 0 spiro atoms. The molecule has 0 unspecified atom stereocenters. The van der Waals surface area contributed by atoms with Crippen LogP contribution in [0.2, 0.25) is 0 Å². The molecule has 1 aliphatic heterocycles. The predicted molar refractivity (Wildman–Crippen MR) is 58.4 cm³/mol. The van der Waals surface area contributed by atoms with Gasteiger partial charge in [0.05, 0.1) is 6.54 Å². The van der Waals surface area contributed by atoms with E-state index in [1.54, 1.807) is 0 Å². The highest BCUT2D eigenvalue weighted by molar-refractivity contribution is 5.85. The van der Waals surface area contributed by atoms with Gasteiger partial charge >= 0.3 is 0 Å². The molecule has 0 saturated carbocycles. The quantitative estimate of drug-likeness (QED) is 0.701. The van der Waals surface area contributed by atoms with Crippen LogP contribution in [0, 0.1) is 0 Å². The van der Waals surface area contributed by atoms with Crippen molar-refractivity contribution in [1.29, 1.82) is 0 Å². The smallest absolute Gasteiger partial charge is 0.0575 e. The lowest BCUT2D eigenvalue weighted by Gasteiger charge is -2.05. The number of nitrogens with zero attached hydrogens (tertiary/aromatic N) is 1. The van der Waals surface area contributed by atoms with Crippen LogP contribution in [-0.2, 0) is 0 Å². The maximum atomic E-state index is 4.50. The Bertz CT molecular complexity index is 236. The molecule has 1 rings (SSSR count). The molecule has 2 heteroatoms. The average molecular weight is 178 g/mol. The van der Waals surface area contributed by atoms with Crippen molar-refractivity contribution in [1.82, 2.24) is 5.32 Å². The van der Waals surface area contributed by atoms with Crippen LogP contribution in [0.1, 0.15) is 19.8 Å². The molecular formula is C11H18N2. The largest absolute Gasteiger partial charge is 0.316 e. The molecule has 2 nitrogen and oxygen atoms in total. The Morgan fingerprint density at radius 3 is 3.08 bits per heavy atom. The molecule has 1 aliphatic rings. The number of nitrogens with one attached hydrogen (secondary N) is 1. The lowest BCUT2D eigenvalue weighted by atomic mass is 10.1. The van der Waals surface area contributed by atoms with Crippen molar-refractivity contribution in [2.45, 2.75) is 19.8 Å². The van der Waals surface area contributed by atoms with Crippen LogP contribution in [0.5, 0.6) is 0 Å². The van der Waals surface area contributed by atoms with Crippen molar-refractivity contribution in [2.24, 2.45) is 4.99 Å². The third kappa shape index (κ3) is 3.55. The van der Waals surface area contributed by atoms with Gasteiger partial charge in [0, 0.05) is 18.7 Å². The monoisotopic (exact) mass is 178 g/mol. The summed E-state index contributed by atoms with van der Waals surface area (Å²) in [6.07, 6.45) is 8.66. The van der Waals surface area contributed by atoms with Gasteiger partial charge in [-0.15, -0.1) is 0 Å². The van der Waals surface area contributed by atoms with Gasteiger partial charge in [0.15, 0.2) is 0 Å². The van der Waals surface area contributed by atoms with Crippen molar-refractivity contribution >= 4 is 5.71 Å². The molecule has 0 aromatic heterocycles. The normalized spacial score (nSPS) is 19.8. The third-order valence-corrected chi connectivity index (χ3v) is 2.14. The van der Waals surface area contributed by atoms with E-state index in [0.717, 1.165) is 25.9 Å². The van der Waals surface area contributed by atoms with Crippen molar-refractivity contribution in [3.05, 3.63) is 23.8 Å². The van der Waals surface area contributed by atoms with Crippen molar-refractivity contribution in [3.63, 3.8) is 0 Å². The van der Waals surface area contributed by atoms with E-state index < -0.39 is 0 Å². The lowest BCUT2D eigenvalue weighted by Crippen LogP contribution is -2.10. The summed E-state index contributed by atoms with van der Waals surface area (Å²) < 4.78 is 0. The van der Waals surface area contributed by atoms with Crippen molar-refractivity contribution in [2.75, 3.05) is 20.1 Å². The maximum absolute atomic E-state index is 4.50. The second kappa shape index (κ2) is 5.70. The van der Waals surface area contributed by atoms with Gasteiger partial charge in [0.2, 0.25) is 0 Å². The fraction of sp³-hybridized carbons (Fsp3) is 0.545. The van der Waals surface area contributed by atoms with E-state index in [1.165, 1.54) is 11.3 Å². The van der Waals surface area contributed by atoms with E-state index in [1.807, 2.05) is 7.05 Å². The van der Waals surface area contributed by atoms with Gasteiger partial charge in [-0.05, 0) is 19.0 Å². The molecule has 0 fully saturated rings. The van der Waals surface area contributed by atoms with Gasteiger partial charge in [0.25, 0.3) is 0 Å². The van der Waals surface area contributed by atoms with Crippen LogP contribution in [0.15, 0.2) is 28.8 Å². The fourth-order valence-corrected chi connectivity index (χ4v) is 1.36. The molecule has 0 aromatic rings. The van der Waals surface area contributed by atoms with Crippen LogP contribution in [0.4, 0.5) is 0 Å². The van der Waals surface area contributed by atoms with E-state index in [-0.39, 0.29) is 0 Å². The number of allylic oxidation sites excluding steroid dienone is 1. The summed E-state index contributed by atoms with van der Waals surface area (Å²) in [6, 6.07) is 0. The molecule has 1 heterocycles. The van der Waals surface area contributed by atoms with Crippen molar-refractivity contribution in [3.8, 4) is 0 Å². The molecule has 72 valence electrons. The van der Waals surface area contributed by atoms with Crippen molar-refractivity contribution < 1.29 is 0 Å². The van der Waals surface area contributed by atoms with Crippen LogP contribution < -0.4 is 5.32 Å². The SMILES string of the molecule is CCC1=NCC=C(CNC)/C=C\C1. The topological polar surface area (TPSA) is 24.4 Å². The fourth-order valence-electron chi connectivity index (χ4n) is 1.36. The van der Waals surface area contributed by atoms with Gasteiger partial charge < -0.3 is 5.32 Å². The summed E-state index contributed by atoms with van der Waals surface area (Å²) in [7, 11) is 1.97. The predicted octanol–water partition coefficient (Wildman–Crippen LogP) is 1.94. The van der Waals surface area contributed by atoms with Crippen LogP contribution in [-0.4, -0.2) is 25.8 Å². The molecular weight excluding hydrogens is 160 g/mol. The summed E-state index contributed by atoms with van der Waals surface area (Å²) in [5, 5.41) is 3.14. The van der Waals surface area contributed by atoms with Crippen LogP contribution in [0.3, 0.4) is 0 Å². The Kier molecular flexibility index (Phi) is 4.47. The highest BCUT2D eigenvalue weighted by Crippen LogP contribution is 2.04. The zero-order valence-electron chi connectivity index (χ0n) is 8.51. The first-order chi connectivity index (χ1) is 6.36.